The van der Waals surface area contributed by atoms with Crippen molar-refractivity contribution in [2.75, 3.05) is 7.11 Å². The molecule has 172 valence electrons. The van der Waals surface area contributed by atoms with Gasteiger partial charge in [-0.05, 0) is 72.7 Å². The van der Waals surface area contributed by atoms with Crippen LogP contribution < -0.4 is 10.3 Å². The van der Waals surface area contributed by atoms with Crippen molar-refractivity contribution >= 4 is 34.2 Å². The summed E-state index contributed by atoms with van der Waals surface area (Å²) in [5.41, 5.74) is 5.29. The molecule has 0 bridgehead atoms. The molecule has 0 saturated carbocycles. The van der Waals surface area contributed by atoms with Gasteiger partial charge in [0.2, 0.25) is 0 Å². The zero-order chi connectivity index (χ0) is 23.9. The minimum atomic E-state index is -0.0413. The summed E-state index contributed by atoms with van der Waals surface area (Å²) in [7, 11) is 1.65. The monoisotopic (exact) mass is 480 g/mol. The first-order chi connectivity index (χ1) is 17.1. The van der Waals surface area contributed by atoms with Crippen LogP contribution in [0.3, 0.4) is 0 Å². The second-order valence-corrected chi connectivity index (χ2v) is 8.85. The highest BCUT2D eigenvalue weighted by Gasteiger charge is 2.22. The van der Waals surface area contributed by atoms with Gasteiger partial charge in [0.1, 0.15) is 11.6 Å². The molecule has 0 fully saturated rings. The number of aromatic nitrogens is 4. The first-order valence-electron chi connectivity index (χ1n) is 11.3. The Morgan fingerprint density at radius 3 is 2.60 bits per heavy atom. The van der Waals surface area contributed by atoms with Crippen molar-refractivity contribution in [2.24, 2.45) is 0 Å². The van der Waals surface area contributed by atoms with E-state index in [4.69, 9.17) is 26.4 Å². The number of benzene rings is 3. The number of rotatable bonds is 4. The lowest BCUT2D eigenvalue weighted by Gasteiger charge is -2.06. The van der Waals surface area contributed by atoms with E-state index < -0.39 is 0 Å². The highest BCUT2D eigenvalue weighted by molar-refractivity contribution is 6.31. The molecule has 0 aliphatic carbocycles. The normalized spacial score (nSPS) is 13.9. The number of para-hydroxylation sites is 1. The topological polar surface area (TPSA) is 61.9 Å². The number of methoxy groups -OCH3 is 1. The molecule has 0 atom stereocenters. The minimum absolute atomic E-state index is 0.0413. The fraction of sp³-hybridized carbons (Fsp3) is 0.107. The van der Waals surface area contributed by atoms with Gasteiger partial charge in [-0.15, -0.1) is 0 Å². The van der Waals surface area contributed by atoms with Crippen molar-refractivity contribution in [3.8, 4) is 22.7 Å². The summed E-state index contributed by atoms with van der Waals surface area (Å²) in [5.74, 6) is 1.47. The Morgan fingerprint density at radius 1 is 1.03 bits per heavy atom. The summed E-state index contributed by atoms with van der Waals surface area (Å²) in [6.45, 7) is 0.594. The van der Waals surface area contributed by atoms with E-state index in [9.17, 15) is 4.79 Å². The number of hydrogen-bond donors (Lipinski definition) is 0. The Labute approximate surface area is 206 Å². The molecule has 7 heteroatoms. The molecule has 6 nitrogen and oxygen atoms in total. The predicted octanol–water partition coefficient (Wildman–Crippen LogP) is 5.86. The van der Waals surface area contributed by atoms with E-state index in [0.717, 1.165) is 33.8 Å². The Kier molecular flexibility index (Phi) is 5.23. The summed E-state index contributed by atoms with van der Waals surface area (Å²) in [6.07, 6.45) is 4.82. The fourth-order valence-corrected chi connectivity index (χ4v) is 4.66. The molecular weight excluding hydrogens is 460 g/mol. The van der Waals surface area contributed by atoms with E-state index in [1.54, 1.807) is 29.9 Å². The van der Waals surface area contributed by atoms with E-state index in [1.165, 1.54) is 0 Å². The molecule has 3 aromatic carbocycles. The molecule has 35 heavy (non-hydrogen) atoms. The third-order valence-electron chi connectivity index (χ3n) is 6.27. The smallest absolute Gasteiger partial charge is 0.261 e. The van der Waals surface area contributed by atoms with Gasteiger partial charge >= 0.3 is 0 Å². The largest absolute Gasteiger partial charge is 0.497 e. The molecule has 0 unspecified atom stereocenters. The molecule has 6 rings (SSSR count). The maximum absolute atomic E-state index is 13.1. The van der Waals surface area contributed by atoms with Gasteiger partial charge in [-0.3, -0.25) is 9.36 Å². The van der Waals surface area contributed by atoms with Gasteiger partial charge in [-0.1, -0.05) is 29.8 Å². The molecule has 0 saturated heterocycles. The highest BCUT2D eigenvalue weighted by atomic mass is 35.5. The van der Waals surface area contributed by atoms with Crippen LogP contribution in [0, 0.1) is 0 Å². The number of halogens is 1. The lowest BCUT2D eigenvalue weighted by molar-refractivity contribution is 0.415. The summed E-state index contributed by atoms with van der Waals surface area (Å²) in [4.78, 5) is 17.9. The van der Waals surface area contributed by atoms with E-state index in [1.807, 2.05) is 65.5 Å². The van der Waals surface area contributed by atoms with Gasteiger partial charge in [0.05, 0.1) is 29.4 Å². The van der Waals surface area contributed by atoms with Crippen LogP contribution in [-0.4, -0.2) is 26.4 Å². The second kappa shape index (κ2) is 8.56. The summed E-state index contributed by atoms with van der Waals surface area (Å²) < 4.78 is 8.95. The third-order valence-corrected chi connectivity index (χ3v) is 6.50. The fourth-order valence-electron chi connectivity index (χ4n) is 4.49. The van der Waals surface area contributed by atoms with Gasteiger partial charge in [-0.2, -0.15) is 5.10 Å². The molecule has 0 amide bonds. The number of nitrogens with zero attached hydrogens (tertiary/aromatic N) is 4. The van der Waals surface area contributed by atoms with Crippen LogP contribution in [0.5, 0.6) is 5.75 Å². The molecule has 0 spiro atoms. The van der Waals surface area contributed by atoms with Crippen LogP contribution >= 0.6 is 11.6 Å². The Balaban J connectivity index is 1.51. The third kappa shape index (κ3) is 3.82. The van der Waals surface area contributed by atoms with Gasteiger partial charge in [-0.25, -0.2) is 9.67 Å². The molecule has 1 aliphatic rings. The highest BCUT2D eigenvalue weighted by Crippen LogP contribution is 2.32. The zero-order valence-corrected chi connectivity index (χ0v) is 19.7. The second-order valence-electron chi connectivity index (χ2n) is 8.41. The van der Waals surface area contributed by atoms with Crippen LogP contribution in [0.25, 0.3) is 39.5 Å². The lowest BCUT2D eigenvalue weighted by Crippen LogP contribution is -2.20. The summed E-state index contributed by atoms with van der Waals surface area (Å²) >= 11 is 6.18. The quantitative estimate of drug-likeness (QED) is 0.323. The number of ether oxygens (including phenoxy) is 1. The molecule has 5 aromatic rings. The summed E-state index contributed by atoms with van der Waals surface area (Å²) in [5, 5.41) is 6.05. The van der Waals surface area contributed by atoms with Crippen LogP contribution in [0.2, 0.25) is 5.02 Å². The Hall–Kier alpha value is -4.16. The maximum Gasteiger partial charge on any atom is 0.261 e. The van der Waals surface area contributed by atoms with Crippen molar-refractivity contribution in [3.05, 3.63) is 106 Å². The molecule has 1 aliphatic heterocycles. The number of hydrogen-bond acceptors (Lipinski definition) is 4. The maximum atomic E-state index is 13.1. The van der Waals surface area contributed by atoms with Gasteiger partial charge in [0.25, 0.3) is 5.56 Å². The average Bonchev–Trinajstić information content (AvgIpc) is 3.49. The Bertz CT molecular complexity index is 1650. The SMILES string of the molecule is COc1ccc(-c2nn(-c3ccccc3)cc2/C=C2\CCn3c2nc2cc(Cl)ccc2c3=O)cc1. The van der Waals surface area contributed by atoms with Gasteiger partial charge in [0.15, 0.2) is 0 Å². The van der Waals surface area contributed by atoms with E-state index in [2.05, 4.69) is 6.08 Å². The van der Waals surface area contributed by atoms with E-state index in [0.29, 0.717) is 34.7 Å². The van der Waals surface area contributed by atoms with Crippen molar-refractivity contribution in [2.45, 2.75) is 13.0 Å². The van der Waals surface area contributed by atoms with Gasteiger partial charge < -0.3 is 4.74 Å². The number of allylic oxidation sites excluding steroid dienone is 1. The van der Waals surface area contributed by atoms with Crippen LogP contribution in [0.15, 0.2) is 83.8 Å². The first-order valence-corrected chi connectivity index (χ1v) is 11.7. The molecular formula is C28H21ClN4O2. The molecule has 3 heterocycles. The lowest BCUT2D eigenvalue weighted by atomic mass is 10.0. The van der Waals surface area contributed by atoms with Crippen molar-refractivity contribution in [1.29, 1.82) is 0 Å². The van der Waals surface area contributed by atoms with Crippen molar-refractivity contribution in [1.82, 2.24) is 19.3 Å². The number of fused-ring (bicyclic) bond motifs is 2. The standard InChI is InChI=1S/C28H21ClN4O2/c1-35-23-10-7-18(8-11-23)26-20(17-33(31-26)22-5-3-2-4-6-22)15-19-13-14-32-27(19)30-25-16-21(29)9-12-24(25)28(32)34/h2-12,15-17H,13-14H2,1H3/b19-15+. The zero-order valence-electron chi connectivity index (χ0n) is 19.0. The Morgan fingerprint density at radius 2 is 1.83 bits per heavy atom. The van der Waals surface area contributed by atoms with E-state index in [-0.39, 0.29) is 5.56 Å². The van der Waals surface area contributed by atoms with Crippen LogP contribution in [0.1, 0.15) is 17.8 Å². The van der Waals surface area contributed by atoms with Crippen molar-refractivity contribution in [3.63, 3.8) is 0 Å². The molecule has 0 N–H and O–H groups in total. The van der Waals surface area contributed by atoms with E-state index >= 15 is 0 Å². The van der Waals surface area contributed by atoms with Crippen LogP contribution in [0.4, 0.5) is 0 Å². The van der Waals surface area contributed by atoms with Gasteiger partial charge in [0, 0.05) is 28.9 Å². The predicted molar refractivity (Wildman–Crippen MR) is 139 cm³/mol. The van der Waals surface area contributed by atoms with Crippen molar-refractivity contribution < 1.29 is 4.74 Å². The summed E-state index contributed by atoms with van der Waals surface area (Å²) in [6, 6.07) is 23.1. The first kappa shape index (κ1) is 21.4. The molecule has 0 radical (unpaired) electrons. The molecule has 2 aromatic heterocycles. The minimum Gasteiger partial charge on any atom is -0.497 e. The average molecular weight is 481 g/mol. The van der Waals surface area contributed by atoms with Crippen LogP contribution in [-0.2, 0) is 6.54 Å².